The number of methoxy groups -OCH3 is 1. The van der Waals surface area contributed by atoms with E-state index in [1.54, 1.807) is 43.6 Å². The summed E-state index contributed by atoms with van der Waals surface area (Å²) >= 11 is 0. The molecule has 1 aromatic heterocycles. The molecule has 4 heteroatoms. The Bertz CT molecular complexity index is 518. The van der Waals surface area contributed by atoms with Crippen molar-refractivity contribution in [1.29, 1.82) is 0 Å². The molecule has 2 rings (SSSR count). The summed E-state index contributed by atoms with van der Waals surface area (Å²) in [7, 11) is 1.59. The third-order valence-electron chi connectivity index (χ3n) is 2.43. The summed E-state index contributed by atoms with van der Waals surface area (Å²) in [5, 5.41) is 0. The van der Waals surface area contributed by atoms with Crippen LogP contribution in [0.4, 0.5) is 0 Å². The Morgan fingerprint density at radius 2 is 1.94 bits per heavy atom. The molecule has 1 heterocycles. The van der Waals surface area contributed by atoms with E-state index >= 15 is 0 Å². The van der Waals surface area contributed by atoms with Gasteiger partial charge in [0.05, 0.1) is 12.7 Å². The molecular weight excluding hydrogens is 216 g/mol. The van der Waals surface area contributed by atoms with Gasteiger partial charge in [-0.3, -0.25) is 0 Å². The predicted molar refractivity (Wildman–Crippen MR) is 61.9 cm³/mol. The van der Waals surface area contributed by atoms with Gasteiger partial charge in [0, 0.05) is 13.0 Å². The van der Waals surface area contributed by atoms with Crippen molar-refractivity contribution in [2.75, 3.05) is 7.11 Å². The second-order valence-electron chi connectivity index (χ2n) is 3.64. The lowest BCUT2D eigenvalue weighted by Crippen LogP contribution is -2.42. The zero-order chi connectivity index (χ0) is 12.3. The van der Waals surface area contributed by atoms with Gasteiger partial charge in [0.15, 0.2) is 5.69 Å². The molecule has 0 atom stereocenters. The van der Waals surface area contributed by atoms with E-state index in [2.05, 4.69) is 4.98 Å². The summed E-state index contributed by atoms with van der Waals surface area (Å²) in [6.45, 7) is 1.88. The number of carbonyl (C=O) groups excluding carboxylic acids is 1. The number of hydrogen-bond donors (Lipinski definition) is 0. The van der Waals surface area contributed by atoms with Crippen LogP contribution in [0.25, 0.3) is 0 Å². The lowest BCUT2D eigenvalue weighted by molar-refractivity contribution is -0.574. The van der Waals surface area contributed by atoms with Crippen LogP contribution in [0.2, 0.25) is 0 Å². The number of aryl methyl sites for hydroxylation is 1. The van der Waals surface area contributed by atoms with Crippen LogP contribution in [-0.2, 0) is 0 Å². The molecule has 0 aliphatic rings. The van der Waals surface area contributed by atoms with Crippen LogP contribution in [0.5, 0.6) is 5.75 Å². The number of nitrogens with zero attached hydrogens (tertiary/aromatic N) is 2. The molecule has 0 fully saturated rings. The SMILES string of the molecule is COc1ccc(C(=O)[n+]2ccc(C)nc2)cc1. The normalized spacial score (nSPS) is 10.0. The highest BCUT2D eigenvalue weighted by molar-refractivity contribution is 5.87. The van der Waals surface area contributed by atoms with Gasteiger partial charge in [-0.2, -0.15) is 4.57 Å². The lowest BCUT2D eigenvalue weighted by atomic mass is 10.2. The fourth-order valence-corrected chi connectivity index (χ4v) is 1.43. The molecule has 2 aromatic rings. The van der Waals surface area contributed by atoms with E-state index in [1.165, 1.54) is 10.9 Å². The van der Waals surface area contributed by atoms with Gasteiger partial charge in [-0.1, -0.05) is 4.98 Å². The van der Waals surface area contributed by atoms with Crippen molar-refractivity contribution >= 4 is 5.91 Å². The molecule has 0 aliphatic carbocycles. The van der Waals surface area contributed by atoms with E-state index in [0.29, 0.717) is 5.56 Å². The van der Waals surface area contributed by atoms with Gasteiger partial charge in [0.25, 0.3) is 6.33 Å². The molecule has 86 valence electrons. The minimum atomic E-state index is -0.111. The van der Waals surface area contributed by atoms with Crippen molar-refractivity contribution in [2.45, 2.75) is 6.92 Å². The molecule has 0 radical (unpaired) electrons. The maximum atomic E-state index is 12.0. The van der Waals surface area contributed by atoms with Gasteiger partial charge in [0.2, 0.25) is 0 Å². The minimum Gasteiger partial charge on any atom is -0.497 e. The fourth-order valence-electron chi connectivity index (χ4n) is 1.43. The van der Waals surface area contributed by atoms with Crippen molar-refractivity contribution in [1.82, 2.24) is 4.98 Å². The zero-order valence-corrected chi connectivity index (χ0v) is 9.75. The highest BCUT2D eigenvalue weighted by Crippen LogP contribution is 2.10. The molecule has 0 spiro atoms. The van der Waals surface area contributed by atoms with Crippen LogP contribution in [0, 0.1) is 6.92 Å². The van der Waals surface area contributed by atoms with E-state index in [1.807, 2.05) is 6.92 Å². The van der Waals surface area contributed by atoms with E-state index in [-0.39, 0.29) is 5.91 Å². The molecule has 0 N–H and O–H groups in total. The van der Waals surface area contributed by atoms with Gasteiger partial charge >= 0.3 is 5.91 Å². The molecular formula is C13H13N2O2+. The number of ether oxygens (including phenoxy) is 1. The van der Waals surface area contributed by atoms with E-state index in [0.717, 1.165) is 11.4 Å². The van der Waals surface area contributed by atoms with Crippen LogP contribution >= 0.6 is 0 Å². The average molecular weight is 229 g/mol. The smallest absolute Gasteiger partial charge is 0.345 e. The standard InChI is InChI=1S/C13H13N2O2/c1-10-7-8-15(9-14-10)13(16)11-3-5-12(17-2)6-4-11/h3-9H,1-2H3/q+1. The van der Waals surface area contributed by atoms with Gasteiger partial charge in [-0.05, 0) is 24.3 Å². The lowest BCUT2D eigenvalue weighted by Gasteiger charge is -2.00. The largest absolute Gasteiger partial charge is 0.497 e. The molecule has 0 amide bonds. The van der Waals surface area contributed by atoms with Crippen molar-refractivity contribution in [2.24, 2.45) is 0 Å². The predicted octanol–water partition coefficient (Wildman–Crippen LogP) is 1.37. The Morgan fingerprint density at radius 3 is 2.47 bits per heavy atom. The Labute approximate surface area is 99.5 Å². The zero-order valence-electron chi connectivity index (χ0n) is 9.75. The Hall–Kier alpha value is -2.23. The second-order valence-corrected chi connectivity index (χ2v) is 3.64. The number of aromatic nitrogens is 2. The monoisotopic (exact) mass is 229 g/mol. The van der Waals surface area contributed by atoms with Crippen LogP contribution in [0.3, 0.4) is 0 Å². The quantitative estimate of drug-likeness (QED) is 0.730. The third kappa shape index (κ3) is 2.47. The summed E-state index contributed by atoms with van der Waals surface area (Å²) in [5.74, 6) is 0.619. The third-order valence-corrected chi connectivity index (χ3v) is 2.43. The van der Waals surface area contributed by atoms with E-state index in [4.69, 9.17) is 4.74 Å². The summed E-state index contributed by atoms with van der Waals surface area (Å²) in [4.78, 5) is 16.1. The minimum absolute atomic E-state index is 0.111. The number of rotatable bonds is 2. The molecule has 0 bridgehead atoms. The molecule has 4 nitrogen and oxygen atoms in total. The average Bonchev–Trinajstić information content (AvgIpc) is 2.39. The number of hydrogen-bond acceptors (Lipinski definition) is 3. The summed E-state index contributed by atoms with van der Waals surface area (Å²) in [5.41, 5.74) is 1.48. The van der Waals surface area contributed by atoms with Gasteiger partial charge in [-0.15, -0.1) is 0 Å². The molecule has 1 aromatic carbocycles. The first kappa shape index (κ1) is 11.3. The highest BCUT2D eigenvalue weighted by Gasteiger charge is 2.13. The highest BCUT2D eigenvalue weighted by atomic mass is 16.5. The molecule has 0 unspecified atom stereocenters. The number of carbonyl (C=O) groups is 1. The van der Waals surface area contributed by atoms with Crippen LogP contribution in [-0.4, -0.2) is 18.0 Å². The Balaban J connectivity index is 2.27. The van der Waals surface area contributed by atoms with Crippen molar-refractivity contribution in [3.8, 4) is 5.75 Å². The first-order valence-electron chi connectivity index (χ1n) is 5.23. The number of benzene rings is 1. The molecule has 0 saturated heterocycles. The molecule has 0 aliphatic heterocycles. The summed E-state index contributed by atoms with van der Waals surface area (Å²) < 4.78 is 6.49. The van der Waals surface area contributed by atoms with Crippen LogP contribution < -0.4 is 9.30 Å². The van der Waals surface area contributed by atoms with Crippen molar-refractivity contribution in [3.63, 3.8) is 0 Å². The van der Waals surface area contributed by atoms with E-state index < -0.39 is 0 Å². The van der Waals surface area contributed by atoms with Gasteiger partial charge in [-0.25, -0.2) is 4.79 Å². The van der Waals surface area contributed by atoms with E-state index in [9.17, 15) is 4.79 Å². The second kappa shape index (κ2) is 4.74. The van der Waals surface area contributed by atoms with Crippen molar-refractivity contribution in [3.05, 3.63) is 54.1 Å². The maximum Gasteiger partial charge on any atom is 0.345 e. The first-order chi connectivity index (χ1) is 8.20. The van der Waals surface area contributed by atoms with Crippen molar-refractivity contribution < 1.29 is 14.1 Å². The van der Waals surface area contributed by atoms with Gasteiger partial charge < -0.3 is 4.74 Å². The fraction of sp³-hybridized carbons (Fsp3) is 0.154. The maximum absolute atomic E-state index is 12.0. The van der Waals surface area contributed by atoms with Crippen LogP contribution in [0.15, 0.2) is 42.9 Å². The van der Waals surface area contributed by atoms with Crippen LogP contribution in [0.1, 0.15) is 16.1 Å². The molecule has 17 heavy (non-hydrogen) atoms. The summed E-state index contributed by atoms with van der Waals surface area (Å²) in [6, 6.07) is 8.77. The Kier molecular flexibility index (Phi) is 3.14. The first-order valence-corrected chi connectivity index (χ1v) is 5.23. The molecule has 0 saturated carbocycles. The topological polar surface area (TPSA) is 43.1 Å². The summed E-state index contributed by atoms with van der Waals surface area (Å²) in [6.07, 6.45) is 3.22. The van der Waals surface area contributed by atoms with Gasteiger partial charge in [0.1, 0.15) is 11.9 Å². The Morgan fingerprint density at radius 1 is 1.24 bits per heavy atom.